The molecule has 4 rings (SSSR count). The molecule has 124 valence electrons. The van der Waals surface area contributed by atoms with Gasteiger partial charge in [0.1, 0.15) is 11.6 Å². The molecule has 0 fully saturated rings. The third kappa shape index (κ3) is 2.83. The molecule has 6 heteroatoms. The number of rotatable bonds is 2. The maximum Gasteiger partial charge on any atom is 0.257 e. The maximum atomic E-state index is 12.8. The van der Waals surface area contributed by atoms with Crippen molar-refractivity contribution < 1.29 is 4.79 Å². The standard InChI is InChI=1S/C19H14ClN3O2/c20-14-9-5-4-8-12(14)13-10-15(24)21-18-16(13)19(25)23-17(22-18)11-6-2-1-3-7-11/h1-9,13H,10H2,(H2,21,22,23,24,25). The zero-order valence-electron chi connectivity index (χ0n) is 13.1. The lowest BCUT2D eigenvalue weighted by atomic mass is 9.87. The molecule has 1 unspecified atom stereocenters. The van der Waals surface area contributed by atoms with Crippen LogP contribution < -0.4 is 10.9 Å². The van der Waals surface area contributed by atoms with Crippen LogP contribution in [0.3, 0.4) is 0 Å². The highest BCUT2D eigenvalue weighted by Gasteiger charge is 2.32. The molecule has 0 radical (unpaired) electrons. The van der Waals surface area contributed by atoms with Crippen LogP contribution in [0.4, 0.5) is 5.82 Å². The number of fused-ring (bicyclic) bond motifs is 1. The smallest absolute Gasteiger partial charge is 0.257 e. The molecule has 0 saturated heterocycles. The molecule has 2 aromatic carbocycles. The fourth-order valence-corrected chi connectivity index (χ4v) is 3.39. The quantitative estimate of drug-likeness (QED) is 0.741. The van der Waals surface area contributed by atoms with Crippen LogP contribution in [-0.4, -0.2) is 15.9 Å². The molecular formula is C19H14ClN3O2. The Morgan fingerprint density at radius 1 is 1.00 bits per heavy atom. The summed E-state index contributed by atoms with van der Waals surface area (Å²) in [5.74, 6) is 0.112. The summed E-state index contributed by atoms with van der Waals surface area (Å²) in [6, 6.07) is 16.5. The lowest BCUT2D eigenvalue weighted by molar-refractivity contribution is -0.116. The second kappa shape index (κ2) is 6.18. The van der Waals surface area contributed by atoms with Crippen molar-refractivity contribution in [3.8, 4) is 11.4 Å². The van der Waals surface area contributed by atoms with Gasteiger partial charge in [0, 0.05) is 22.9 Å². The monoisotopic (exact) mass is 351 g/mol. The molecule has 0 saturated carbocycles. The Hall–Kier alpha value is -2.92. The third-order valence-corrected chi connectivity index (χ3v) is 4.62. The van der Waals surface area contributed by atoms with Crippen LogP contribution in [0.1, 0.15) is 23.5 Å². The van der Waals surface area contributed by atoms with Gasteiger partial charge in [-0.05, 0) is 11.6 Å². The summed E-state index contributed by atoms with van der Waals surface area (Å²) in [5, 5.41) is 3.24. The largest absolute Gasteiger partial charge is 0.310 e. The molecule has 3 aromatic rings. The molecule has 0 bridgehead atoms. The fraction of sp³-hybridized carbons (Fsp3) is 0.105. The van der Waals surface area contributed by atoms with Gasteiger partial charge in [0.2, 0.25) is 5.91 Å². The van der Waals surface area contributed by atoms with Crippen molar-refractivity contribution in [3.63, 3.8) is 0 Å². The number of nitrogens with one attached hydrogen (secondary N) is 2. The molecule has 0 aliphatic carbocycles. The van der Waals surface area contributed by atoms with Gasteiger partial charge in [-0.25, -0.2) is 4.98 Å². The molecule has 0 spiro atoms. The van der Waals surface area contributed by atoms with E-state index in [-0.39, 0.29) is 17.9 Å². The Morgan fingerprint density at radius 2 is 1.72 bits per heavy atom. The third-order valence-electron chi connectivity index (χ3n) is 4.28. The van der Waals surface area contributed by atoms with Crippen molar-refractivity contribution in [2.24, 2.45) is 0 Å². The van der Waals surface area contributed by atoms with Gasteiger partial charge >= 0.3 is 0 Å². The summed E-state index contributed by atoms with van der Waals surface area (Å²) in [5.41, 5.74) is 1.69. The van der Waals surface area contributed by atoms with Crippen LogP contribution >= 0.6 is 11.6 Å². The maximum absolute atomic E-state index is 12.8. The molecule has 25 heavy (non-hydrogen) atoms. The number of aromatic amines is 1. The average Bonchev–Trinajstić information content (AvgIpc) is 2.62. The molecule has 1 aliphatic heterocycles. The molecular weight excluding hydrogens is 338 g/mol. The summed E-state index contributed by atoms with van der Waals surface area (Å²) < 4.78 is 0. The molecule has 2 heterocycles. The minimum Gasteiger partial charge on any atom is -0.310 e. The minimum atomic E-state index is -0.418. The normalized spacial score (nSPS) is 16.2. The van der Waals surface area contributed by atoms with Crippen molar-refractivity contribution in [2.75, 3.05) is 5.32 Å². The van der Waals surface area contributed by atoms with Gasteiger partial charge in [-0.2, -0.15) is 0 Å². The number of hydrogen-bond acceptors (Lipinski definition) is 3. The number of carbonyl (C=O) groups is 1. The van der Waals surface area contributed by atoms with Crippen LogP contribution in [0.2, 0.25) is 5.02 Å². The summed E-state index contributed by atoms with van der Waals surface area (Å²) in [6.45, 7) is 0. The van der Waals surface area contributed by atoms with E-state index in [9.17, 15) is 9.59 Å². The highest BCUT2D eigenvalue weighted by Crippen LogP contribution is 2.37. The van der Waals surface area contributed by atoms with Gasteiger partial charge < -0.3 is 10.3 Å². The Bertz CT molecular complexity index is 1010. The van der Waals surface area contributed by atoms with E-state index in [1.807, 2.05) is 48.5 Å². The highest BCUT2D eigenvalue weighted by molar-refractivity contribution is 6.31. The first kappa shape index (κ1) is 15.6. The minimum absolute atomic E-state index is 0.159. The van der Waals surface area contributed by atoms with E-state index in [0.717, 1.165) is 11.1 Å². The van der Waals surface area contributed by atoms with Crippen LogP contribution in [0.25, 0.3) is 11.4 Å². The van der Waals surface area contributed by atoms with E-state index in [2.05, 4.69) is 15.3 Å². The summed E-state index contributed by atoms with van der Waals surface area (Å²) >= 11 is 6.29. The predicted octanol–water partition coefficient (Wildman–Crippen LogP) is 3.56. The van der Waals surface area contributed by atoms with Gasteiger partial charge in [-0.3, -0.25) is 9.59 Å². The molecule has 5 nitrogen and oxygen atoms in total. The van der Waals surface area contributed by atoms with E-state index in [4.69, 9.17) is 11.6 Å². The van der Waals surface area contributed by atoms with E-state index in [0.29, 0.717) is 22.2 Å². The SMILES string of the molecule is O=C1CC(c2ccccc2Cl)c2c(nc(-c3ccccc3)[nH]c2=O)N1. The lowest BCUT2D eigenvalue weighted by Gasteiger charge is -2.25. The molecule has 1 atom stereocenters. The number of carbonyl (C=O) groups excluding carboxylic acids is 1. The number of H-pyrrole nitrogens is 1. The second-order valence-electron chi connectivity index (χ2n) is 5.87. The van der Waals surface area contributed by atoms with E-state index >= 15 is 0 Å². The van der Waals surface area contributed by atoms with Crippen LogP contribution in [0.5, 0.6) is 0 Å². The number of benzene rings is 2. The molecule has 1 aromatic heterocycles. The lowest BCUT2D eigenvalue weighted by Crippen LogP contribution is -2.31. The van der Waals surface area contributed by atoms with Crippen molar-refractivity contribution in [3.05, 3.63) is 81.1 Å². The van der Waals surface area contributed by atoms with E-state index < -0.39 is 5.92 Å². The zero-order chi connectivity index (χ0) is 17.4. The number of amides is 1. The van der Waals surface area contributed by atoms with Gasteiger partial charge in [-0.1, -0.05) is 60.1 Å². The fourth-order valence-electron chi connectivity index (χ4n) is 3.13. The number of anilines is 1. The van der Waals surface area contributed by atoms with E-state index in [1.165, 1.54) is 0 Å². The topological polar surface area (TPSA) is 74.8 Å². The van der Waals surface area contributed by atoms with Crippen molar-refractivity contribution >= 4 is 23.3 Å². The van der Waals surface area contributed by atoms with Crippen molar-refractivity contribution in [2.45, 2.75) is 12.3 Å². The highest BCUT2D eigenvalue weighted by atomic mass is 35.5. The number of nitrogens with zero attached hydrogens (tertiary/aromatic N) is 1. The first-order chi connectivity index (χ1) is 12.1. The average molecular weight is 352 g/mol. The van der Waals surface area contributed by atoms with E-state index in [1.54, 1.807) is 6.07 Å². The van der Waals surface area contributed by atoms with Gasteiger partial charge in [-0.15, -0.1) is 0 Å². The van der Waals surface area contributed by atoms with Gasteiger partial charge in [0.15, 0.2) is 0 Å². The van der Waals surface area contributed by atoms with Crippen molar-refractivity contribution in [1.82, 2.24) is 9.97 Å². The predicted molar refractivity (Wildman–Crippen MR) is 96.8 cm³/mol. The van der Waals surface area contributed by atoms with Crippen LogP contribution in [-0.2, 0) is 4.79 Å². The molecule has 1 aliphatic rings. The number of hydrogen-bond donors (Lipinski definition) is 2. The second-order valence-corrected chi connectivity index (χ2v) is 6.28. The Balaban J connectivity index is 1.89. The number of aromatic nitrogens is 2. The van der Waals surface area contributed by atoms with Gasteiger partial charge in [0.05, 0.1) is 5.56 Å². The first-order valence-corrected chi connectivity index (χ1v) is 8.25. The zero-order valence-corrected chi connectivity index (χ0v) is 13.9. The number of halogens is 1. The Morgan fingerprint density at radius 3 is 2.48 bits per heavy atom. The van der Waals surface area contributed by atoms with Gasteiger partial charge in [0.25, 0.3) is 5.56 Å². The first-order valence-electron chi connectivity index (χ1n) is 7.87. The Kier molecular flexibility index (Phi) is 3.86. The summed E-state index contributed by atoms with van der Waals surface area (Å²) in [6.07, 6.45) is 0.159. The van der Waals surface area contributed by atoms with Crippen LogP contribution in [0.15, 0.2) is 59.4 Å². The van der Waals surface area contributed by atoms with Crippen molar-refractivity contribution in [1.29, 1.82) is 0 Å². The van der Waals surface area contributed by atoms with Crippen LogP contribution in [0, 0.1) is 0 Å². The Labute approximate surface area is 148 Å². The molecule has 2 N–H and O–H groups in total. The molecule has 1 amide bonds. The summed E-state index contributed by atoms with van der Waals surface area (Å²) in [7, 11) is 0. The summed E-state index contributed by atoms with van der Waals surface area (Å²) in [4.78, 5) is 32.2.